The summed E-state index contributed by atoms with van der Waals surface area (Å²) in [6.45, 7) is 0.0839. The van der Waals surface area contributed by atoms with E-state index in [-0.39, 0.29) is 25.1 Å². The number of aliphatic hydroxyl groups is 1. The van der Waals surface area contributed by atoms with E-state index < -0.39 is 18.4 Å². The topological polar surface area (TPSA) is 47.9 Å². The lowest BCUT2D eigenvalue weighted by molar-refractivity contribution is -0.165. The Kier molecular flexibility index (Phi) is 7.08. The Bertz CT molecular complexity index is 537. The first-order valence-corrected chi connectivity index (χ1v) is 7.84. The summed E-state index contributed by atoms with van der Waals surface area (Å²) in [7, 11) is 0. The third kappa shape index (κ3) is 5.81. The number of hydrogen-bond acceptors (Lipinski definition) is 4. The van der Waals surface area contributed by atoms with E-state index >= 15 is 0 Å². The predicted molar refractivity (Wildman–Crippen MR) is 82.6 cm³/mol. The van der Waals surface area contributed by atoms with Gasteiger partial charge in [0.05, 0.1) is 18.8 Å². The highest BCUT2D eigenvalue weighted by Crippen LogP contribution is 2.29. The average Bonchev–Trinajstić information content (AvgIpc) is 2.57. The van der Waals surface area contributed by atoms with Crippen LogP contribution in [0.1, 0.15) is 24.8 Å². The fourth-order valence-corrected chi connectivity index (χ4v) is 2.31. The van der Waals surface area contributed by atoms with E-state index in [9.17, 15) is 13.2 Å². The molecule has 1 fully saturated rings. The number of alkyl halides is 3. The van der Waals surface area contributed by atoms with E-state index in [4.69, 9.17) is 19.3 Å². The van der Waals surface area contributed by atoms with Crippen LogP contribution in [-0.2, 0) is 9.47 Å². The minimum atomic E-state index is -4.58. The standard InChI is InChI=1S/C17H21F3O4/c18-17(19,20)14(12-21)11-13-5-1-2-6-15(13)22-9-10-24-16-7-3-4-8-23-16/h1-2,5-6,11,16,21H,3-4,7-10,12H2. The van der Waals surface area contributed by atoms with Gasteiger partial charge >= 0.3 is 6.18 Å². The highest BCUT2D eigenvalue weighted by atomic mass is 19.4. The molecule has 1 N–H and O–H groups in total. The van der Waals surface area contributed by atoms with Crippen LogP contribution in [0.2, 0.25) is 0 Å². The van der Waals surface area contributed by atoms with Crippen LogP contribution in [0.15, 0.2) is 29.8 Å². The van der Waals surface area contributed by atoms with Gasteiger partial charge in [-0.1, -0.05) is 18.2 Å². The zero-order valence-corrected chi connectivity index (χ0v) is 13.2. The summed E-state index contributed by atoms with van der Waals surface area (Å²) in [5, 5.41) is 8.91. The maximum absolute atomic E-state index is 12.7. The van der Waals surface area contributed by atoms with Crippen molar-refractivity contribution in [3.8, 4) is 5.75 Å². The molecule has 2 rings (SSSR count). The van der Waals surface area contributed by atoms with Crippen molar-refractivity contribution in [2.24, 2.45) is 0 Å². The van der Waals surface area contributed by atoms with E-state index in [1.54, 1.807) is 18.2 Å². The number of aliphatic hydroxyl groups excluding tert-OH is 1. The molecule has 0 saturated carbocycles. The maximum Gasteiger partial charge on any atom is 0.414 e. The third-order valence-electron chi connectivity index (χ3n) is 3.57. The van der Waals surface area contributed by atoms with Gasteiger partial charge < -0.3 is 19.3 Å². The summed E-state index contributed by atoms with van der Waals surface area (Å²) >= 11 is 0. The fraction of sp³-hybridized carbons (Fsp3) is 0.529. The number of para-hydroxylation sites is 1. The van der Waals surface area contributed by atoms with Crippen molar-refractivity contribution in [2.45, 2.75) is 31.7 Å². The van der Waals surface area contributed by atoms with E-state index in [1.165, 1.54) is 6.07 Å². The first kappa shape index (κ1) is 18.8. The lowest BCUT2D eigenvalue weighted by Gasteiger charge is -2.22. The molecule has 1 aliphatic rings. The monoisotopic (exact) mass is 346 g/mol. The van der Waals surface area contributed by atoms with Crippen molar-refractivity contribution in [1.82, 2.24) is 0 Å². The van der Waals surface area contributed by atoms with Gasteiger partial charge in [0.2, 0.25) is 0 Å². The molecule has 0 radical (unpaired) electrons. The zero-order chi connectivity index (χ0) is 17.4. The molecule has 24 heavy (non-hydrogen) atoms. The van der Waals surface area contributed by atoms with Crippen molar-refractivity contribution in [3.05, 3.63) is 35.4 Å². The predicted octanol–water partition coefficient (Wildman–Crippen LogP) is 3.55. The minimum Gasteiger partial charge on any atom is -0.491 e. The van der Waals surface area contributed by atoms with Gasteiger partial charge in [0, 0.05) is 12.2 Å². The molecule has 1 aromatic rings. The molecule has 134 valence electrons. The molecule has 0 bridgehead atoms. The van der Waals surface area contributed by atoms with Gasteiger partial charge in [-0.25, -0.2) is 0 Å². The highest BCUT2D eigenvalue weighted by molar-refractivity contribution is 5.60. The second-order valence-corrected chi connectivity index (χ2v) is 5.38. The van der Waals surface area contributed by atoms with Gasteiger partial charge in [0.25, 0.3) is 0 Å². The Hall–Kier alpha value is -1.57. The van der Waals surface area contributed by atoms with Crippen molar-refractivity contribution in [2.75, 3.05) is 26.4 Å². The zero-order valence-electron chi connectivity index (χ0n) is 13.2. The molecular formula is C17H21F3O4. The lowest BCUT2D eigenvalue weighted by Crippen LogP contribution is -2.24. The van der Waals surface area contributed by atoms with Gasteiger partial charge in [-0.15, -0.1) is 0 Å². The molecule has 0 aliphatic carbocycles. The summed E-state index contributed by atoms with van der Waals surface area (Å²) in [5.41, 5.74) is -0.766. The molecular weight excluding hydrogens is 325 g/mol. The van der Waals surface area contributed by atoms with E-state index in [1.807, 2.05) is 0 Å². The summed E-state index contributed by atoms with van der Waals surface area (Å²) in [5.74, 6) is 0.306. The molecule has 1 saturated heterocycles. The van der Waals surface area contributed by atoms with E-state index in [0.29, 0.717) is 12.4 Å². The fourth-order valence-electron chi connectivity index (χ4n) is 2.31. The van der Waals surface area contributed by atoms with Crippen LogP contribution in [0.25, 0.3) is 6.08 Å². The van der Waals surface area contributed by atoms with Crippen molar-refractivity contribution in [3.63, 3.8) is 0 Å². The van der Waals surface area contributed by atoms with Crippen LogP contribution in [0.3, 0.4) is 0 Å². The molecule has 7 heteroatoms. The van der Waals surface area contributed by atoms with Crippen LogP contribution in [0, 0.1) is 0 Å². The number of hydrogen-bond donors (Lipinski definition) is 1. The van der Waals surface area contributed by atoms with Gasteiger partial charge in [-0.3, -0.25) is 0 Å². The molecule has 1 unspecified atom stereocenters. The number of halogens is 3. The van der Waals surface area contributed by atoms with E-state index in [0.717, 1.165) is 25.3 Å². The summed E-state index contributed by atoms with van der Waals surface area (Å²) in [6.07, 6.45) is -0.999. The molecule has 1 atom stereocenters. The molecule has 0 aromatic heterocycles. The van der Waals surface area contributed by atoms with Crippen LogP contribution >= 0.6 is 0 Å². The second-order valence-electron chi connectivity index (χ2n) is 5.38. The van der Waals surface area contributed by atoms with Gasteiger partial charge in [0.15, 0.2) is 6.29 Å². The second kappa shape index (κ2) is 9.05. The molecule has 1 aromatic carbocycles. The Labute approximate surface area is 138 Å². The molecule has 1 aliphatic heterocycles. The van der Waals surface area contributed by atoms with Gasteiger partial charge in [0.1, 0.15) is 12.4 Å². The van der Waals surface area contributed by atoms with Crippen molar-refractivity contribution >= 4 is 6.08 Å². The number of rotatable bonds is 7. The minimum absolute atomic E-state index is 0.200. The molecule has 1 heterocycles. The van der Waals surface area contributed by atoms with Crippen LogP contribution in [0.4, 0.5) is 13.2 Å². The number of benzene rings is 1. The Morgan fingerprint density at radius 2 is 2.04 bits per heavy atom. The van der Waals surface area contributed by atoms with Crippen molar-refractivity contribution in [1.29, 1.82) is 0 Å². The summed E-state index contributed by atoms with van der Waals surface area (Å²) in [4.78, 5) is 0. The largest absolute Gasteiger partial charge is 0.491 e. The highest BCUT2D eigenvalue weighted by Gasteiger charge is 2.33. The first-order valence-electron chi connectivity index (χ1n) is 7.84. The smallest absolute Gasteiger partial charge is 0.414 e. The van der Waals surface area contributed by atoms with Crippen LogP contribution in [0.5, 0.6) is 5.75 Å². The van der Waals surface area contributed by atoms with Crippen LogP contribution in [-0.4, -0.2) is 44.0 Å². The lowest BCUT2D eigenvalue weighted by atomic mass is 10.1. The summed E-state index contributed by atoms with van der Waals surface area (Å²) in [6, 6.07) is 6.36. The normalized spacial score (nSPS) is 19.3. The van der Waals surface area contributed by atoms with Gasteiger partial charge in [-0.05, 0) is 31.4 Å². The van der Waals surface area contributed by atoms with Crippen molar-refractivity contribution < 1.29 is 32.5 Å². The number of ether oxygens (including phenoxy) is 3. The van der Waals surface area contributed by atoms with Gasteiger partial charge in [-0.2, -0.15) is 13.2 Å². The SMILES string of the molecule is OCC(=Cc1ccccc1OCCOC1CCCCO1)C(F)(F)F. The third-order valence-corrected chi connectivity index (χ3v) is 3.57. The average molecular weight is 346 g/mol. The van der Waals surface area contributed by atoms with Crippen LogP contribution < -0.4 is 4.74 Å². The molecule has 4 nitrogen and oxygen atoms in total. The molecule has 0 spiro atoms. The summed E-state index contributed by atoms with van der Waals surface area (Å²) < 4.78 is 54.7. The quantitative estimate of drug-likeness (QED) is 0.767. The van der Waals surface area contributed by atoms with E-state index in [2.05, 4.69) is 0 Å². The Morgan fingerprint density at radius 1 is 1.25 bits per heavy atom. The maximum atomic E-state index is 12.7. The Morgan fingerprint density at radius 3 is 2.71 bits per heavy atom. The Balaban J connectivity index is 1.92. The first-order chi connectivity index (χ1) is 11.5. The molecule has 0 amide bonds.